The topological polar surface area (TPSA) is 95.1 Å². The van der Waals surface area contributed by atoms with E-state index in [4.69, 9.17) is 11.6 Å². The van der Waals surface area contributed by atoms with E-state index in [1.54, 1.807) is 4.90 Å². The number of likely N-dealkylation sites (N-methyl/N-ethyl adjacent to an activating group) is 1. The summed E-state index contributed by atoms with van der Waals surface area (Å²) < 4.78 is 51.9. The molecule has 0 aromatic heterocycles. The molecule has 3 rings (SSSR count). The van der Waals surface area contributed by atoms with Crippen molar-refractivity contribution in [3.63, 3.8) is 0 Å². The Morgan fingerprint density at radius 2 is 1.88 bits per heavy atom. The highest BCUT2D eigenvalue weighted by atomic mass is 35.5. The van der Waals surface area contributed by atoms with Crippen LogP contribution in [-0.4, -0.2) is 93.7 Å². The standard InChI is InChI=1S/C21H32ClN3O5S2/c1-4-23-8-10-24(11-9-23)32(29,30)18-5-6-20(22)19(13-18)21(26)25(14-16(2)3)17-7-12-31(27,28)15-17/h5-6,13,16-17H,4,7-12,14-15H2,1-3H3/t17-/m0/s1. The average Bonchev–Trinajstić information content (AvgIpc) is 3.11. The molecular weight excluding hydrogens is 474 g/mol. The Balaban J connectivity index is 1.90. The molecule has 1 aromatic carbocycles. The molecule has 2 heterocycles. The lowest BCUT2D eigenvalue weighted by Gasteiger charge is -2.33. The van der Waals surface area contributed by atoms with Crippen molar-refractivity contribution in [2.75, 3.05) is 50.8 Å². The second-order valence-corrected chi connectivity index (χ2v) is 13.5. The SMILES string of the molecule is CCN1CCN(S(=O)(=O)c2ccc(Cl)c(C(=O)N(CC(C)C)[C@H]3CCS(=O)(=O)C3)c2)CC1. The molecule has 0 spiro atoms. The van der Waals surface area contributed by atoms with E-state index in [0.717, 1.165) is 6.54 Å². The summed E-state index contributed by atoms with van der Waals surface area (Å²) in [5.74, 6) is -0.352. The Labute approximate surface area is 196 Å². The van der Waals surface area contributed by atoms with Crippen molar-refractivity contribution in [2.45, 2.75) is 38.1 Å². The van der Waals surface area contributed by atoms with Crippen LogP contribution in [0.3, 0.4) is 0 Å². The molecule has 32 heavy (non-hydrogen) atoms. The number of sulfonamides is 1. The lowest BCUT2D eigenvalue weighted by atomic mass is 10.1. The molecular formula is C21H32ClN3O5S2. The Morgan fingerprint density at radius 3 is 2.41 bits per heavy atom. The van der Waals surface area contributed by atoms with Gasteiger partial charge in [-0.1, -0.05) is 32.4 Å². The van der Waals surface area contributed by atoms with Crippen LogP contribution in [0.15, 0.2) is 23.1 Å². The highest BCUT2D eigenvalue weighted by Gasteiger charge is 2.36. The molecule has 0 unspecified atom stereocenters. The van der Waals surface area contributed by atoms with Crippen LogP contribution in [0.4, 0.5) is 0 Å². The molecule has 1 amide bonds. The number of carbonyl (C=O) groups is 1. The van der Waals surface area contributed by atoms with E-state index in [-0.39, 0.29) is 32.9 Å². The van der Waals surface area contributed by atoms with E-state index in [1.165, 1.54) is 22.5 Å². The molecule has 1 atom stereocenters. The van der Waals surface area contributed by atoms with E-state index in [1.807, 2.05) is 20.8 Å². The van der Waals surface area contributed by atoms with Gasteiger partial charge in [-0.05, 0) is 37.1 Å². The van der Waals surface area contributed by atoms with Gasteiger partial charge >= 0.3 is 0 Å². The third-order valence-electron chi connectivity index (χ3n) is 6.06. The van der Waals surface area contributed by atoms with Crippen molar-refractivity contribution in [3.8, 4) is 0 Å². The van der Waals surface area contributed by atoms with Crippen molar-refractivity contribution >= 4 is 37.4 Å². The first-order valence-electron chi connectivity index (χ1n) is 11.0. The number of amides is 1. The summed E-state index contributed by atoms with van der Waals surface area (Å²) in [4.78, 5) is 17.2. The van der Waals surface area contributed by atoms with Crippen LogP contribution in [-0.2, 0) is 19.9 Å². The van der Waals surface area contributed by atoms with Gasteiger partial charge in [0, 0.05) is 38.8 Å². The highest BCUT2D eigenvalue weighted by molar-refractivity contribution is 7.91. The molecule has 2 aliphatic heterocycles. The minimum Gasteiger partial charge on any atom is -0.334 e. The predicted octanol–water partition coefficient (Wildman–Crippen LogP) is 1.95. The predicted molar refractivity (Wildman–Crippen MR) is 125 cm³/mol. The van der Waals surface area contributed by atoms with E-state index >= 15 is 0 Å². The number of carbonyl (C=O) groups excluding carboxylic acids is 1. The fourth-order valence-corrected chi connectivity index (χ4v) is 7.61. The fourth-order valence-electron chi connectivity index (χ4n) is 4.23. The number of sulfone groups is 1. The largest absolute Gasteiger partial charge is 0.334 e. The minimum atomic E-state index is -3.77. The van der Waals surface area contributed by atoms with Gasteiger partial charge in [-0.3, -0.25) is 4.79 Å². The molecule has 2 saturated heterocycles. The van der Waals surface area contributed by atoms with Crippen LogP contribution < -0.4 is 0 Å². The van der Waals surface area contributed by atoms with E-state index in [2.05, 4.69) is 4.90 Å². The second-order valence-electron chi connectivity index (χ2n) is 8.89. The van der Waals surface area contributed by atoms with Gasteiger partial charge in [-0.15, -0.1) is 0 Å². The fraction of sp³-hybridized carbons (Fsp3) is 0.667. The monoisotopic (exact) mass is 505 g/mol. The Morgan fingerprint density at radius 1 is 1.22 bits per heavy atom. The summed E-state index contributed by atoms with van der Waals surface area (Å²) in [7, 11) is -6.96. The summed E-state index contributed by atoms with van der Waals surface area (Å²) in [5, 5.41) is 0.152. The highest BCUT2D eigenvalue weighted by Crippen LogP contribution is 2.28. The van der Waals surface area contributed by atoms with E-state index in [0.29, 0.717) is 39.1 Å². The van der Waals surface area contributed by atoms with Gasteiger partial charge in [0.25, 0.3) is 5.91 Å². The van der Waals surface area contributed by atoms with Crippen molar-refractivity contribution in [3.05, 3.63) is 28.8 Å². The van der Waals surface area contributed by atoms with Crippen molar-refractivity contribution in [1.82, 2.24) is 14.1 Å². The van der Waals surface area contributed by atoms with Crippen molar-refractivity contribution in [1.29, 1.82) is 0 Å². The van der Waals surface area contributed by atoms with Crippen LogP contribution >= 0.6 is 11.6 Å². The third kappa shape index (κ3) is 5.64. The zero-order chi connectivity index (χ0) is 23.7. The molecule has 0 aliphatic carbocycles. The molecule has 180 valence electrons. The zero-order valence-corrected chi connectivity index (χ0v) is 21.2. The first-order chi connectivity index (χ1) is 14.9. The number of halogens is 1. The molecule has 0 bridgehead atoms. The van der Waals surface area contributed by atoms with Gasteiger partial charge in [0.1, 0.15) is 0 Å². The number of benzene rings is 1. The maximum absolute atomic E-state index is 13.5. The first-order valence-corrected chi connectivity index (χ1v) is 14.6. The summed E-state index contributed by atoms with van der Waals surface area (Å²) in [6.07, 6.45) is 0.373. The maximum atomic E-state index is 13.5. The van der Waals surface area contributed by atoms with Crippen LogP contribution in [0, 0.1) is 5.92 Å². The second kappa shape index (κ2) is 9.97. The lowest BCUT2D eigenvalue weighted by Crippen LogP contribution is -2.48. The molecule has 0 radical (unpaired) electrons. The number of nitrogens with zero attached hydrogens (tertiary/aromatic N) is 3. The van der Waals surface area contributed by atoms with Gasteiger partial charge in [-0.2, -0.15) is 4.31 Å². The average molecular weight is 506 g/mol. The Bertz CT molecular complexity index is 1050. The van der Waals surface area contributed by atoms with E-state index < -0.39 is 31.8 Å². The zero-order valence-electron chi connectivity index (χ0n) is 18.8. The van der Waals surface area contributed by atoms with Gasteiger partial charge < -0.3 is 9.80 Å². The quantitative estimate of drug-likeness (QED) is 0.562. The van der Waals surface area contributed by atoms with E-state index in [9.17, 15) is 21.6 Å². The maximum Gasteiger partial charge on any atom is 0.255 e. The van der Waals surface area contributed by atoms with Gasteiger partial charge in [0.2, 0.25) is 10.0 Å². The summed E-state index contributed by atoms with van der Waals surface area (Å²) in [6.45, 7) is 9.27. The lowest BCUT2D eigenvalue weighted by molar-refractivity contribution is 0.0672. The molecule has 11 heteroatoms. The first kappa shape index (κ1) is 25.4. The molecule has 2 fully saturated rings. The molecule has 1 aromatic rings. The van der Waals surface area contributed by atoms with Crippen LogP contribution in [0.2, 0.25) is 5.02 Å². The molecule has 8 nitrogen and oxygen atoms in total. The van der Waals surface area contributed by atoms with Crippen LogP contribution in [0.25, 0.3) is 0 Å². The van der Waals surface area contributed by atoms with Crippen molar-refractivity contribution < 1.29 is 21.6 Å². The summed E-state index contributed by atoms with van der Waals surface area (Å²) in [6, 6.07) is 3.76. The summed E-state index contributed by atoms with van der Waals surface area (Å²) >= 11 is 6.33. The van der Waals surface area contributed by atoms with Gasteiger partial charge in [-0.25, -0.2) is 16.8 Å². The van der Waals surface area contributed by atoms with Crippen molar-refractivity contribution in [2.24, 2.45) is 5.92 Å². The molecule has 0 saturated carbocycles. The summed E-state index contributed by atoms with van der Waals surface area (Å²) in [5.41, 5.74) is 0.0879. The number of hydrogen-bond donors (Lipinski definition) is 0. The Hall–Kier alpha value is -1.20. The van der Waals surface area contributed by atoms with Crippen LogP contribution in [0.1, 0.15) is 37.6 Å². The molecule has 2 aliphatic rings. The Kier molecular flexibility index (Phi) is 7.92. The number of hydrogen-bond acceptors (Lipinski definition) is 6. The van der Waals surface area contributed by atoms with Gasteiger partial charge in [0.05, 0.1) is 27.0 Å². The smallest absolute Gasteiger partial charge is 0.255 e. The number of rotatable bonds is 7. The number of piperazine rings is 1. The molecule has 0 N–H and O–H groups in total. The minimum absolute atomic E-state index is 0.0266. The van der Waals surface area contributed by atoms with Crippen LogP contribution in [0.5, 0.6) is 0 Å². The third-order valence-corrected chi connectivity index (χ3v) is 10.0. The van der Waals surface area contributed by atoms with Gasteiger partial charge in [0.15, 0.2) is 9.84 Å². The normalized spacial score (nSPS) is 22.3.